The first-order chi connectivity index (χ1) is 7.69. The van der Waals surface area contributed by atoms with Crippen molar-refractivity contribution in [2.45, 2.75) is 51.6 Å². The van der Waals surface area contributed by atoms with Crippen molar-refractivity contribution in [3.05, 3.63) is 0 Å². The second-order valence-corrected chi connectivity index (χ2v) is 5.73. The van der Waals surface area contributed by atoms with E-state index in [-0.39, 0.29) is 18.0 Å². The molecule has 0 aromatic carbocycles. The highest BCUT2D eigenvalue weighted by molar-refractivity contribution is 6.26. The third-order valence-electron chi connectivity index (χ3n) is 4.25. The molecule has 0 aromatic rings. The molecule has 3 unspecified atom stereocenters. The Morgan fingerprint density at radius 1 is 1.31 bits per heavy atom. The summed E-state index contributed by atoms with van der Waals surface area (Å²) in [6.07, 6.45) is 8.10. The summed E-state index contributed by atoms with van der Waals surface area (Å²) in [5.74, 6) is 2.04. The predicted molar refractivity (Wildman–Crippen MR) is 64.4 cm³/mol. The molecule has 2 fully saturated rings. The summed E-state index contributed by atoms with van der Waals surface area (Å²) in [4.78, 5) is 11.2. The molecule has 0 aromatic heterocycles. The molecule has 0 spiro atoms. The number of ether oxygens (including phenoxy) is 1. The van der Waals surface area contributed by atoms with Crippen molar-refractivity contribution in [3.8, 4) is 0 Å². The fourth-order valence-corrected chi connectivity index (χ4v) is 3.56. The molecule has 92 valence electrons. The van der Waals surface area contributed by atoms with Crippen molar-refractivity contribution in [1.29, 1.82) is 0 Å². The van der Waals surface area contributed by atoms with E-state index < -0.39 is 0 Å². The molecule has 2 rings (SSSR count). The Labute approximate surface area is 103 Å². The highest BCUT2D eigenvalue weighted by Crippen LogP contribution is 2.43. The van der Waals surface area contributed by atoms with Crippen molar-refractivity contribution >= 4 is 17.6 Å². The first kappa shape index (κ1) is 12.2. The normalized spacial score (nSPS) is 35.5. The Morgan fingerprint density at radius 2 is 1.94 bits per heavy atom. The van der Waals surface area contributed by atoms with Crippen LogP contribution in [0.3, 0.4) is 0 Å². The summed E-state index contributed by atoms with van der Waals surface area (Å²) in [5, 5.41) is 0. The zero-order valence-corrected chi connectivity index (χ0v) is 10.7. The highest BCUT2D eigenvalue weighted by atomic mass is 35.5. The van der Waals surface area contributed by atoms with Gasteiger partial charge in [0.2, 0.25) is 0 Å². The van der Waals surface area contributed by atoms with Crippen LogP contribution in [0.1, 0.15) is 45.4 Å². The van der Waals surface area contributed by atoms with Gasteiger partial charge in [0.15, 0.2) is 0 Å². The Morgan fingerprint density at radius 3 is 2.50 bits per heavy atom. The molecule has 0 amide bonds. The van der Waals surface area contributed by atoms with Crippen LogP contribution >= 0.6 is 11.6 Å². The average Bonchev–Trinajstić information content (AvgIpc) is 2.28. The van der Waals surface area contributed by atoms with Crippen LogP contribution in [0.2, 0.25) is 0 Å². The summed E-state index contributed by atoms with van der Waals surface area (Å²) < 4.78 is 5.33. The molecule has 0 N–H and O–H groups in total. The molecule has 0 saturated heterocycles. The van der Waals surface area contributed by atoms with Gasteiger partial charge in [0.1, 0.15) is 12.0 Å². The number of hydrogen-bond acceptors (Lipinski definition) is 2. The van der Waals surface area contributed by atoms with Gasteiger partial charge in [-0.1, -0.05) is 19.3 Å². The van der Waals surface area contributed by atoms with Gasteiger partial charge in [0.05, 0.1) is 0 Å². The van der Waals surface area contributed by atoms with E-state index in [9.17, 15) is 4.79 Å². The fourth-order valence-electron chi connectivity index (χ4n) is 3.50. The minimum Gasteiger partial charge on any atom is -0.461 e. The van der Waals surface area contributed by atoms with Crippen molar-refractivity contribution < 1.29 is 9.53 Å². The van der Waals surface area contributed by atoms with Crippen LogP contribution in [0.5, 0.6) is 0 Å². The molecule has 0 radical (unpaired) electrons. The lowest BCUT2D eigenvalue weighted by molar-refractivity contribution is -0.149. The van der Waals surface area contributed by atoms with Crippen molar-refractivity contribution in [3.63, 3.8) is 0 Å². The Hall–Kier alpha value is -0.240. The van der Waals surface area contributed by atoms with Gasteiger partial charge in [0.25, 0.3) is 0 Å². The lowest BCUT2D eigenvalue weighted by atomic mass is 9.67. The maximum Gasteiger partial charge on any atom is 0.321 e. The van der Waals surface area contributed by atoms with Gasteiger partial charge in [-0.05, 0) is 43.9 Å². The lowest BCUT2D eigenvalue weighted by Crippen LogP contribution is -2.34. The number of carbonyl (C=O) groups is 1. The minimum absolute atomic E-state index is 0.0239. The summed E-state index contributed by atoms with van der Waals surface area (Å²) in [7, 11) is 0. The Kier molecular flexibility index (Phi) is 4.12. The predicted octanol–water partition coefficient (Wildman–Crippen LogP) is 3.37. The van der Waals surface area contributed by atoms with Gasteiger partial charge < -0.3 is 4.74 Å². The van der Waals surface area contributed by atoms with Gasteiger partial charge in [0, 0.05) is 0 Å². The van der Waals surface area contributed by atoms with Crippen LogP contribution in [0.25, 0.3) is 0 Å². The lowest BCUT2D eigenvalue weighted by Gasteiger charge is -2.40. The van der Waals surface area contributed by atoms with E-state index in [1.165, 1.54) is 38.5 Å². The summed E-state index contributed by atoms with van der Waals surface area (Å²) >= 11 is 5.46. The molecule has 2 saturated carbocycles. The average molecular weight is 245 g/mol. The van der Waals surface area contributed by atoms with E-state index in [1.54, 1.807) is 0 Å². The fraction of sp³-hybridized carbons (Fsp3) is 0.923. The van der Waals surface area contributed by atoms with Gasteiger partial charge >= 0.3 is 5.97 Å². The molecule has 2 aliphatic carbocycles. The number of alkyl halides is 1. The smallest absolute Gasteiger partial charge is 0.321 e. The Bertz CT molecular complexity index is 242. The molecule has 2 nitrogen and oxygen atoms in total. The van der Waals surface area contributed by atoms with E-state index in [0.717, 1.165) is 11.8 Å². The number of halogens is 1. The molecule has 2 bridgehead atoms. The topological polar surface area (TPSA) is 26.3 Å². The first-order valence-electron chi connectivity index (χ1n) is 6.44. The SMILES string of the molecule is CC(OC(=O)CCl)C1CC2CCCC(C2)C1. The highest BCUT2D eigenvalue weighted by Gasteiger charge is 2.35. The van der Waals surface area contributed by atoms with Gasteiger partial charge in [-0.15, -0.1) is 11.6 Å². The van der Waals surface area contributed by atoms with E-state index in [2.05, 4.69) is 0 Å². The standard InChI is InChI=1S/C13H21ClO2/c1-9(16-13(15)8-14)12-6-10-3-2-4-11(5-10)7-12/h9-12H,2-8H2,1H3. The number of hydrogen-bond donors (Lipinski definition) is 0. The Balaban J connectivity index is 1.87. The van der Waals surface area contributed by atoms with Crippen LogP contribution in [0.4, 0.5) is 0 Å². The zero-order chi connectivity index (χ0) is 11.5. The van der Waals surface area contributed by atoms with E-state index in [1.807, 2.05) is 6.92 Å². The zero-order valence-electron chi connectivity index (χ0n) is 9.95. The van der Waals surface area contributed by atoms with Crippen molar-refractivity contribution in [1.82, 2.24) is 0 Å². The molecule has 16 heavy (non-hydrogen) atoms. The quantitative estimate of drug-likeness (QED) is 0.562. The van der Waals surface area contributed by atoms with Crippen molar-refractivity contribution in [2.24, 2.45) is 17.8 Å². The summed E-state index contributed by atoms with van der Waals surface area (Å²) in [5.41, 5.74) is 0. The third kappa shape index (κ3) is 2.91. The van der Waals surface area contributed by atoms with E-state index >= 15 is 0 Å². The second-order valence-electron chi connectivity index (χ2n) is 5.46. The number of esters is 1. The van der Waals surface area contributed by atoms with Gasteiger partial charge in [-0.3, -0.25) is 4.79 Å². The van der Waals surface area contributed by atoms with Crippen molar-refractivity contribution in [2.75, 3.05) is 5.88 Å². The summed E-state index contributed by atoms with van der Waals surface area (Å²) in [6, 6.07) is 0. The molecule has 3 atom stereocenters. The molecule has 3 heteroatoms. The minimum atomic E-state index is -0.273. The number of carbonyl (C=O) groups excluding carboxylic acids is 1. The molecule has 0 aliphatic heterocycles. The van der Waals surface area contributed by atoms with E-state index in [4.69, 9.17) is 16.3 Å². The van der Waals surface area contributed by atoms with Gasteiger partial charge in [-0.2, -0.15) is 0 Å². The van der Waals surface area contributed by atoms with Gasteiger partial charge in [-0.25, -0.2) is 0 Å². The van der Waals surface area contributed by atoms with Crippen LogP contribution in [-0.4, -0.2) is 18.0 Å². The molecule has 0 heterocycles. The summed E-state index contributed by atoms with van der Waals surface area (Å²) in [6.45, 7) is 2.02. The number of rotatable bonds is 3. The molecule has 2 aliphatic rings. The third-order valence-corrected chi connectivity index (χ3v) is 4.47. The van der Waals surface area contributed by atoms with Crippen LogP contribution < -0.4 is 0 Å². The monoisotopic (exact) mass is 244 g/mol. The number of fused-ring (bicyclic) bond motifs is 2. The molecular formula is C13H21ClO2. The van der Waals surface area contributed by atoms with Crippen LogP contribution in [-0.2, 0) is 9.53 Å². The van der Waals surface area contributed by atoms with Crippen LogP contribution in [0, 0.1) is 17.8 Å². The maximum atomic E-state index is 11.2. The van der Waals surface area contributed by atoms with Crippen LogP contribution in [0.15, 0.2) is 0 Å². The van der Waals surface area contributed by atoms with E-state index in [0.29, 0.717) is 5.92 Å². The second kappa shape index (κ2) is 5.39. The molecular weight excluding hydrogens is 224 g/mol. The largest absolute Gasteiger partial charge is 0.461 e. The first-order valence-corrected chi connectivity index (χ1v) is 6.98. The maximum absolute atomic E-state index is 11.2.